The first kappa shape index (κ1) is 14.8. The van der Waals surface area contributed by atoms with Gasteiger partial charge in [-0.3, -0.25) is 14.7 Å². The lowest BCUT2D eigenvalue weighted by Gasteiger charge is -2.38. The van der Waals surface area contributed by atoms with Gasteiger partial charge in [0.25, 0.3) is 0 Å². The van der Waals surface area contributed by atoms with Crippen LogP contribution >= 0.6 is 0 Å². The van der Waals surface area contributed by atoms with Crippen LogP contribution in [0.3, 0.4) is 0 Å². The van der Waals surface area contributed by atoms with E-state index in [1.807, 2.05) is 29.0 Å². The lowest BCUT2D eigenvalue weighted by Crippen LogP contribution is -2.55. The van der Waals surface area contributed by atoms with E-state index in [4.69, 9.17) is 5.11 Å². The third-order valence-corrected chi connectivity index (χ3v) is 4.39. The van der Waals surface area contributed by atoms with E-state index in [-0.39, 0.29) is 11.9 Å². The highest BCUT2D eigenvalue weighted by molar-refractivity contribution is 5.96. The molecule has 0 saturated carbocycles. The third kappa shape index (κ3) is 2.76. The first-order chi connectivity index (χ1) is 10.6. The van der Waals surface area contributed by atoms with Crippen LogP contribution in [0.25, 0.3) is 0 Å². The fourth-order valence-electron chi connectivity index (χ4n) is 3.22. The van der Waals surface area contributed by atoms with Gasteiger partial charge in [0, 0.05) is 50.3 Å². The van der Waals surface area contributed by atoms with Crippen LogP contribution in [0.2, 0.25) is 0 Å². The number of rotatable bonds is 2. The zero-order chi connectivity index (χ0) is 15.7. The molecule has 1 N–H and O–H groups in total. The van der Waals surface area contributed by atoms with Gasteiger partial charge in [-0.2, -0.15) is 0 Å². The molecule has 3 heterocycles. The Balaban J connectivity index is 1.61. The van der Waals surface area contributed by atoms with Gasteiger partial charge in [0.2, 0.25) is 5.91 Å². The minimum atomic E-state index is -0.889. The molecule has 0 radical (unpaired) electrons. The second kappa shape index (κ2) is 5.92. The van der Waals surface area contributed by atoms with Crippen molar-refractivity contribution in [2.24, 2.45) is 0 Å². The summed E-state index contributed by atoms with van der Waals surface area (Å²) in [5.41, 5.74) is 2.07. The normalized spacial score (nSPS) is 21.8. The molecule has 1 aromatic rings. The minimum absolute atomic E-state index is 0.0703. The SMILES string of the molecule is C[C@@H]1CN(CC(=O)N2CCc3cnccc32)CCN1C(=O)O. The smallest absolute Gasteiger partial charge is 0.407 e. The number of anilines is 1. The molecule has 7 nitrogen and oxygen atoms in total. The number of piperazine rings is 1. The number of fused-ring (bicyclic) bond motifs is 1. The summed E-state index contributed by atoms with van der Waals surface area (Å²) in [5.74, 6) is 0.0703. The maximum Gasteiger partial charge on any atom is 0.407 e. The molecule has 2 aliphatic heterocycles. The van der Waals surface area contributed by atoms with Crippen LogP contribution in [-0.2, 0) is 11.2 Å². The molecule has 1 atom stereocenters. The number of hydrogen-bond acceptors (Lipinski definition) is 4. The molecule has 1 aromatic heterocycles. The van der Waals surface area contributed by atoms with Crippen molar-refractivity contribution in [3.63, 3.8) is 0 Å². The van der Waals surface area contributed by atoms with Crippen molar-refractivity contribution in [1.29, 1.82) is 0 Å². The third-order valence-electron chi connectivity index (χ3n) is 4.39. The monoisotopic (exact) mass is 304 g/mol. The zero-order valence-electron chi connectivity index (χ0n) is 12.6. The maximum atomic E-state index is 12.5. The Kier molecular flexibility index (Phi) is 3.98. The van der Waals surface area contributed by atoms with E-state index in [1.54, 1.807) is 6.20 Å². The summed E-state index contributed by atoms with van der Waals surface area (Å²) in [4.78, 5) is 33.0. The molecular formula is C15H20N4O3. The molecule has 3 rings (SSSR count). The van der Waals surface area contributed by atoms with Gasteiger partial charge < -0.3 is 14.9 Å². The Labute approximate surface area is 129 Å². The molecule has 0 spiro atoms. The second-order valence-electron chi connectivity index (χ2n) is 5.86. The molecular weight excluding hydrogens is 284 g/mol. The van der Waals surface area contributed by atoms with E-state index in [2.05, 4.69) is 4.98 Å². The molecule has 1 fully saturated rings. The average Bonchev–Trinajstić information content (AvgIpc) is 2.91. The lowest BCUT2D eigenvalue weighted by atomic mass is 10.2. The van der Waals surface area contributed by atoms with Gasteiger partial charge in [0.05, 0.1) is 6.54 Å². The number of nitrogens with zero attached hydrogens (tertiary/aromatic N) is 4. The van der Waals surface area contributed by atoms with Crippen molar-refractivity contribution in [1.82, 2.24) is 14.8 Å². The van der Waals surface area contributed by atoms with E-state index in [0.29, 0.717) is 32.7 Å². The van der Waals surface area contributed by atoms with Crippen molar-refractivity contribution in [3.05, 3.63) is 24.0 Å². The first-order valence-electron chi connectivity index (χ1n) is 7.51. The summed E-state index contributed by atoms with van der Waals surface area (Å²) in [5, 5.41) is 9.08. The van der Waals surface area contributed by atoms with E-state index in [9.17, 15) is 9.59 Å². The second-order valence-corrected chi connectivity index (χ2v) is 5.86. The van der Waals surface area contributed by atoms with Crippen LogP contribution in [0.1, 0.15) is 12.5 Å². The van der Waals surface area contributed by atoms with Crippen LogP contribution in [-0.4, -0.2) is 70.7 Å². The van der Waals surface area contributed by atoms with Crippen LogP contribution in [0, 0.1) is 0 Å². The first-order valence-corrected chi connectivity index (χ1v) is 7.51. The highest BCUT2D eigenvalue weighted by Gasteiger charge is 2.30. The highest BCUT2D eigenvalue weighted by Crippen LogP contribution is 2.26. The van der Waals surface area contributed by atoms with Gasteiger partial charge in [-0.25, -0.2) is 4.79 Å². The number of hydrogen-bond donors (Lipinski definition) is 1. The summed E-state index contributed by atoms with van der Waals surface area (Å²) >= 11 is 0. The number of carbonyl (C=O) groups excluding carboxylic acids is 1. The molecule has 0 aliphatic carbocycles. The quantitative estimate of drug-likeness (QED) is 0.868. The van der Waals surface area contributed by atoms with Gasteiger partial charge in [-0.05, 0) is 25.0 Å². The maximum absolute atomic E-state index is 12.5. The molecule has 118 valence electrons. The van der Waals surface area contributed by atoms with Crippen LogP contribution < -0.4 is 4.90 Å². The molecule has 0 unspecified atom stereocenters. The molecule has 2 aliphatic rings. The van der Waals surface area contributed by atoms with Gasteiger partial charge in [-0.15, -0.1) is 0 Å². The largest absolute Gasteiger partial charge is 0.465 e. The summed E-state index contributed by atoms with van der Waals surface area (Å²) in [6.07, 6.45) is 3.48. The fraction of sp³-hybridized carbons (Fsp3) is 0.533. The summed E-state index contributed by atoms with van der Waals surface area (Å²) < 4.78 is 0. The van der Waals surface area contributed by atoms with E-state index < -0.39 is 6.09 Å². The van der Waals surface area contributed by atoms with Gasteiger partial charge in [-0.1, -0.05) is 0 Å². The fourth-order valence-corrected chi connectivity index (χ4v) is 3.22. The van der Waals surface area contributed by atoms with Crippen molar-refractivity contribution < 1.29 is 14.7 Å². The predicted molar refractivity (Wildman–Crippen MR) is 80.9 cm³/mol. The summed E-state index contributed by atoms with van der Waals surface area (Å²) in [6.45, 7) is 4.55. The average molecular weight is 304 g/mol. The lowest BCUT2D eigenvalue weighted by molar-refractivity contribution is -0.120. The standard InChI is InChI=1S/C15H20N4O3/c1-11-9-17(6-7-18(11)15(21)22)10-14(20)19-5-3-12-8-16-4-2-13(12)19/h2,4,8,11H,3,5-7,9-10H2,1H3,(H,21,22)/t11-/m1/s1. The van der Waals surface area contributed by atoms with Crippen molar-refractivity contribution in [2.45, 2.75) is 19.4 Å². The highest BCUT2D eigenvalue weighted by atomic mass is 16.4. The number of pyridine rings is 1. The Morgan fingerprint density at radius 3 is 2.91 bits per heavy atom. The van der Waals surface area contributed by atoms with Crippen molar-refractivity contribution in [2.75, 3.05) is 37.6 Å². The molecule has 0 bridgehead atoms. The molecule has 7 heteroatoms. The van der Waals surface area contributed by atoms with Gasteiger partial charge in [0.1, 0.15) is 0 Å². The van der Waals surface area contributed by atoms with Crippen LogP contribution in [0.4, 0.5) is 10.5 Å². The van der Waals surface area contributed by atoms with Crippen LogP contribution in [0.15, 0.2) is 18.5 Å². The zero-order valence-corrected chi connectivity index (χ0v) is 12.6. The molecule has 2 amide bonds. The summed E-state index contributed by atoms with van der Waals surface area (Å²) in [7, 11) is 0. The molecule has 22 heavy (non-hydrogen) atoms. The Morgan fingerprint density at radius 1 is 1.36 bits per heavy atom. The summed E-state index contributed by atoms with van der Waals surface area (Å²) in [6, 6.07) is 1.79. The Bertz CT molecular complexity index is 592. The Hall–Kier alpha value is -2.15. The predicted octanol–water partition coefficient (Wildman–Crippen LogP) is 0.655. The molecule has 1 saturated heterocycles. The number of amides is 2. The number of aromatic nitrogens is 1. The van der Waals surface area contributed by atoms with E-state index in [1.165, 1.54) is 4.90 Å². The molecule has 0 aromatic carbocycles. The topological polar surface area (TPSA) is 77.0 Å². The van der Waals surface area contributed by atoms with Gasteiger partial charge >= 0.3 is 6.09 Å². The minimum Gasteiger partial charge on any atom is -0.465 e. The number of carboxylic acid groups (broad SMARTS) is 1. The Morgan fingerprint density at radius 2 is 2.18 bits per heavy atom. The van der Waals surface area contributed by atoms with Crippen molar-refractivity contribution >= 4 is 17.7 Å². The van der Waals surface area contributed by atoms with Gasteiger partial charge in [0.15, 0.2) is 0 Å². The van der Waals surface area contributed by atoms with Crippen molar-refractivity contribution in [3.8, 4) is 0 Å². The number of carbonyl (C=O) groups is 2. The van der Waals surface area contributed by atoms with Crippen LogP contribution in [0.5, 0.6) is 0 Å². The van der Waals surface area contributed by atoms with E-state index in [0.717, 1.165) is 17.7 Å². The van der Waals surface area contributed by atoms with E-state index >= 15 is 0 Å².